The van der Waals surface area contributed by atoms with E-state index < -0.39 is 0 Å². The number of aromatic nitrogens is 2. The normalized spacial score (nSPS) is 18.2. The zero-order valence-corrected chi connectivity index (χ0v) is 16.0. The molecule has 140 valence electrons. The quantitative estimate of drug-likeness (QED) is 0.835. The minimum absolute atomic E-state index is 0.193. The first kappa shape index (κ1) is 17.4. The van der Waals surface area contributed by atoms with Gasteiger partial charge in [0.1, 0.15) is 17.3 Å². The van der Waals surface area contributed by atoms with Crippen molar-refractivity contribution in [2.45, 2.75) is 65.3 Å². The summed E-state index contributed by atoms with van der Waals surface area (Å²) < 4.78 is 8.13. The number of hydrogen-bond acceptors (Lipinski definition) is 3. The summed E-state index contributed by atoms with van der Waals surface area (Å²) in [4.78, 5) is 19.4. The van der Waals surface area contributed by atoms with Gasteiger partial charge in [-0.2, -0.15) is 0 Å². The maximum atomic E-state index is 13.1. The third kappa shape index (κ3) is 3.31. The molecule has 2 aliphatic rings. The molecule has 0 unspecified atom stereocenters. The topological polar surface area (TPSA) is 51.3 Å². The van der Waals surface area contributed by atoms with Gasteiger partial charge in [-0.25, -0.2) is 4.98 Å². The number of aryl methyl sites for hydroxylation is 4. The van der Waals surface area contributed by atoms with Gasteiger partial charge in [0.05, 0.1) is 5.56 Å². The number of furan rings is 1. The standard InChI is InChI=1S/C21H29N3O2/c1-15-20(18-5-3-4-6-19(18)26-15)21(25)24-12-8-17(9-13-24)7-11-23-14-10-22-16(23)2/h10,14,17H,3-9,11-13H2,1-2H3. The summed E-state index contributed by atoms with van der Waals surface area (Å²) in [5.74, 6) is 3.85. The molecule has 1 amide bonds. The van der Waals surface area contributed by atoms with Crippen molar-refractivity contribution >= 4 is 5.91 Å². The van der Waals surface area contributed by atoms with Crippen molar-refractivity contribution in [2.24, 2.45) is 5.92 Å². The average molecular weight is 355 g/mol. The number of fused-ring (bicyclic) bond motifs is 1. The number of carbonyl (C=O) groups excluding carboxylic acids is 1. The molecule has 0 spiro atoms. The highest BCUT2D eigenvalue weighted by Crippen LogP contribution is 2.31. The molecule has 4 rings (SSSR count). The van der Waals surface area contributed by atoms with Gasteiger partial charge in [-0.15, -0.1) is 0 Å². The van der Waals surface area contributed by atoms with E-state index in [2.05, 4.69) is 22.7 Å². The van der Waals surface area contributed by atoms with Crippen LogP contribution < -0.4 is 0 Å². The number of piperidine rings is 1. The second-order valence-corrected chi connectivity index (χ2v) is 7.83. The summed E-state index contributed by atoms with van der Waals surface area (Å²) >= 11 is 0. The molecule has 26 heavy (non-hydrogen) atoms. The Kier molecular flexibility index (Phi) is 4.88. The molecule has 2 aromatic heterocycles. The van der Waals surface area contributed by atoms with Crippen molar-refractivity contribution in [2.75, 3.05) is 13.1 Å². The van der Waals surface area contributed by atoms with E-state index in [1.165, 1.54) is 24.8 Å². The fourth-order valence-corrected chi connectivity index (χ4v) is 4.53. The fourth-order valence-electron chi connectivity index (χ4n) is 4.53. The third-order valence-electron chi connectivity index (χ3n) is 6.16. The van der Waals surface area contributed by atoms with Crippen LogP contribution in [0.15, 0.2) is 16.8 Å². The highest BCUT2D eigenvalue weighted by Gasteiger charge is 2.30. The van der Waals surface area contributed by atoms with Crippen molar-refractivity contribution in [1.29, 1.82) is 0 Å². The summed E-state index contributed by atoms with van der Waals surface area (Å²) in [5.41, 5.74) is 2.06. The molecule has 0 N–H and O–H groups in total. The van der Waals surface area contributed by atoms with Crippen LogP contribution in [0.1, 0.15) is 65.4 Å². The predicted octanol–water partition coefficient (Wildman–Crippen LogP) is 3.91. The van der Waals surface area contributed by atoms with Crippen LogP contribution in [0.5, 0.6) is 0 Å². The minimum atomic E-state index is 0.193. The highest BCUT2D eigenvalue weighted by atomic mass is 16.3. The van der Waals surface area contributed by atoms with Crippen LogP contribution in [-0.2, 0) is 19.4 Å². The molecule has 1 fully saturated rings. The largest absolute Gasteiger partial charge is 0.465 e. The van der Waals surface area contributed by atoms with E-state index >= 15 is 0 Å². The number of nitrogens with zero attached hydrogens (tertiary/aromatic N) is 3. The summed E-state index contributed by atoms with van der Waals surface area (Å²) in [6, 6.07) is 0. The highest BCUT2D eigenvalue weighted by molar-refractivity contribution is 5.97. The van der Waals surface area contributed by atoms with Gasteiger partial charge in [0.2, 0.25) is 0 Å². The van der Waals surface area contributed by atoms with Crippen LogP contribution >= 0.6 is 0 Å². The van der Waals surface area contributed by atoms with E-state index in [9.17, 15) is 4.79 Å². The first-order chi connectivity index (χ1) is 12.6. The fraction of sp³-hybridized carbons (Fsp3) is 0.619. The van der Waals surface area contributed by atoms with Gasteiger partial charge in [-0.3, -0.25) is 4.79 Å². The van der Waals surface area contributed by atoms with E-state index in [1.54, 1.807) is 0 Å². The molecule has 5 nitrogen and oxygen atoms in total. The van der Waals surface area contributed by atoms with Crippen LogP contribution in [0.25, 0.3) is 0 Å². The molecule has 0 radical (unpaired) electrons. The molecule has 0 aromatic carbocycles. The summed E-state index contributed by atoms with van der Waals surface area (Å²) in [7, 11) is 0. The Morgan fingerprint density at radius 1 is 1.23 bits per heavy atom. The lowest BCUT2D eigenvalue weighted by Crippen LogP contribution is -2.39. The van der Waals surface area contributed by atoms with Crippen molar-refractivity contribution < 1.29 is 9.21 Å². The SMILES string of the molecule is Cc1oc2c(c1C(=O)N1CCC(CCn3ccnc3C)CC1)CCCC2. The van der Waals surface area contributed by atoms with Crippen LogP contribution in [0.3, 0.4) is 0 Å². The Balaban J connectivity index is 1.35. The third-order valence-corrected chi connectivity index (χ3v) is 6.16. The van der Waals surface area contributed by atoms with Gasteiger partial charge in [-0.1, -0.05) is 0 Å². The van der Waals surface area contributed by atoms with Crippen molar-refractivity contribution in [3.8, 4) is 0 Å². The van der Waals surface area contributed by atoms with Crippen LogP contribution in [0.2, 0.25) is 0 Å². The van der Waals surface area contributed by atoms with Gasteiger partial charge in [0.25, 0.3) is 5.91 Å². The number of carbonyl (C=O) groups is 1. The van der Waals surface area contributed by atoms with Crippen molar-refractivity contribution in [3.63, 3.8) is 0 Å². The minimum Gasteiger partial charge on any atom is -0.465 e. The lowest BCUT2D eigenvalue weighted by molar-refractivity contribution is 0.0682. The molecule has 1 aliphatic heterocycles. The molecule has 5 heteroatoms. The van der Waals surface area contributed by atoms with Crippen LogP contribution in [0, 0.1) is 19.8 Å². The lowest BCUT2D eigenvalue weighted by Gasteiger charge is -2.32. The average Bonchev–Trinajstić information content (AvgIpc) is 3.21. The summed E-state index contributed by atoms with van der Waals surface area (Å²) in [6.45, 7) is 6.76. The first-order valence-corrected chi connectivity index (χ1v) is 10.0. The van der Waals surface area contributed by atoms with Gasteiger partial charge in [0, 0.05) is 44.0 Å². The van der Waals surface area contributed by atoms with E-state index in [4.69, 9.17) is 4.42 Å². The Morgan fingerprint density at radius 3 is 2.73 bits per heavy atom. The monoisotopic (exact) mass is 355 g/mol. The second-order valence-electron chi connectivity index (χ2n) is 7.83. The Morgan fingerprint density at radius 2 is 2.00 bits per heavy atom. The molecule has 0 saturated carbocycles. The maximum absolute atomic E-state index is 13.1. The summed E-state index contributed by atoms with van der Waals surface area (Å²) in [6.07, 6.45) is 11.6. The van der Waals surface area contributed by atoms with Gasteiger partial charge in [-0.05, 0) is 58.3 Å². The number of rotatable bonds is 4. The van der Waals surface area contributed by atoms with Crippen LogP contribution in [0.4, 0.5) is 0 Å². The predicted molar refractivity (Wildman–Crippen MR) is 100 cm³/mol. The van der Waals surface area contributed by atoms with E-state index in [0.717, 1.165) is 68.2 Å². The first-order valence-electron chi connectivity index (χ1n) is 10.0. The molecule has 0 atom stereocenters. The smallest absolute Gasteiger partial charge is 0.257 e. The van der Waals surface area contributed by atoms with Gasteiger partial charge < -0.3 is 13.9 Å². The zero-order valence-electron chi connectivity index (χ0n) is 16.0. The molecule has 0 bridgehead atoms. The Labute approximate surface area is 155 Å². The Bertz CT molecular complexity index is 781. The maximum Gasteiger partial charge on any atom is 0.257 e. The number of likely N-dealkylation sites (tertiary alicyclic amines) is 1. The molecular formula is C21H29N3O2. The number of amides is 1. The zero-order chi connectivity index (χ0) is 18.1. The molecule has 1 aliphatic carbocycles. The number of hydrogen-bond donors (Lipinski definition) is 0. The number of imidazole rings is 1. The Hall–Kier alpha value is -2.04. The van der Waals surface area contributed by atoms with Crippen LogP contribution in [-0.4, -0.2) is 33.4 Å². The lowest BCUT2D eigenvalue weighted by atomic mass is 9.91. The van der Waals surface area contributed by atoms with Gasteiger partial charge in [0.15, 0.2) is 0 Å². The molecule has 2 aromatic rings. The molecular weight excluding hydrogens is 326 g/mol. The van der Waals surface area contributed by atoms with E-state index in [1.807, 2.05) is 18.0 Å². The molecule has 1 saturated heterocycles. The molecule has 3 heterocycles. The van der Waals surface area contributed by atoms with E-state index in [-0.39, 0.29) is 5.91 Å². The second kappa shape index (κ2) is 7.29. The van der Waals surface area contributed by atoms with Gasteiger partial charge >= 0.3 is 0 Å². The van der Waals surface area contributed by atoms with E-state index in [0.29, 0.717) is 5.92 Å². The summed E-state index contributed by atoms with van der Waals surface area (Å²) in [5, 5.41) is 0. The van der Waals surface area contributed by atoms with Crippen molar-refractivity contribution in [1.82, 2.24) is 14.5 Å². The van der Waals surface area contributed by atoms with Crippen molar-refractivity contribution in [3.05, 3.63) is 40.9 Å².